The van der Waals surface area contributed by atoms with E-state index in [1.54, 1.807) is 30.3 Å². The van der Waals surface area contributed by atoms with E-state index in [1.807, 2.05) is 18.2 Å². The summed E-state index contributed by atoms with van der Waals surface area (Å²) >= 11 is 0.0788. The predicted molar refractivity (Wildman–Crippen MR) is 143 cm³/mol. The van der Waals surface area contributed by atoms with Crippen molar-refractivity contribution >= 4 is 31.2 Å². The average Bonchev–Trinajstić information content (AvgIpc) is 3.61. The van der Waals surface area contributed by atoms with Gasteiger partial charge in [-0.1, -0.05) is 17.3 Å². The normalized spacial score (nSPS) is 15.9. The summed E-state index contributed by atoms with van der Waals surface area (Å²) in [5.41, 5.74) is 0.880. The standard InChI is InChI=1S/C29H24F3N3O4Se/c1-18(40-25-6-4-3-5-7-25)28-35(19(2)36)33-27(38-28)21-10-14-23(15-11-21)37-17-24-16-26(34-39-24)20-8-12-22(13-9-20)29(30,31)32/h3-16,18,28H,17H2,1-2H3. The van der Waals surface area contributed by atoms with Crippen LogP contribution in [0.3, 0.4) is 0 Å². The molecule has 0 aliphatic carbocycles. The first-order valence-corrected chi connectivity index (χ1v) is 14.1. The van der Waals surface area contributed by atoms with Gasteiger partial charge < -0.3 is 0 Å². The molecule has 0 saturated heterocycles. The number of amides is 1. The quantitative estimate of drug-likeness (QED) is 0.240. The van der Waals surface area contributed by atoms with E-state index in [-0.39, 0.29) is 32.3 Å². The molecule has 40 heavy (non-hydrogen) atoms. The van der Waals surface area contributed by atoms with Crippen molar-refractivity contribution in [2.45, 2.75) is 37.7 Å². The Morgan fingerprint density at radius 1 is 1.02 bits per heavy atom. The second kappa shape index (κ2) is 11.6. The number of carbonyl (C=O) groups is 1. The second-order valence-corrected chi connectivity index (χ2v) is 12.0. The van der Waals surface area contributed by atoms with Crippen LogP contribution in [0.4, 0.5) is 13.2 Å². The Bertz CT molecular complexity index is 1490. The van der Waals surface area contributed by atoms with Gasteiger partial charge in [-0.25, -0.2) is 0 Å². The van der Waals surface area contributed by atoms with Crippen molar-refractivity contribution in [3.63, 3.8) is 0 Å². The third-order valence-corrected chi connectivity index (χ3v) is 8.42. The molecule has 206 valence electrons. The third-order valence-electron chi connectivity index (χ3n) is 6.01. The fraction of sp³-hybridized carbons (Fsp3) is 0.207. The maximum absolute atomic E-state index is 12.8. The van der Waals surface area contributed by atoms with Crippen LogP contribution >= 0.6 is 0 Å². The van der Waals surface area contributed by atoms with Gasteiger partial charge in [0, 0.05) is 5.56 Å². The molecule has 11 heteroatoms. The summed E-state index contributed by atoms with van der Waals surface area (Å²) in [6, 6.07) is 23.5. The maximum atomic E-state index is 12.8. The Morgan fingerprint density at radius 3 is 2.35 bits per heavy atom. The van der Waals surface area contributed by atoms with E-state index in [1.165, 1.54) is 28.5 Å². The Balaban J connectivity index is 1.20. The number of ether oxygens (including phenoxy) is 2. The van der Waals surface area contributed by atoms with Crippen LogP contribution in [0.25, 0.3) is 11.3 Å². The monoisotopic (exact) mass is 615 g/mol. The van der Waals surface area contributed by atoms with Crippen LogP contribution in [0, 0.1) is 0 Å². The average molecular weight is 614 g/mol. The number of halogens is 3. The van der Waals surface area contributed by atoms with Crippen LogP contribution in [0.1, 0.15) is 30.7 Å². The molecule has 4 aromatic rings. The van der Waals surface area contributed by atoms with Gasteiger partial charge in [0.05, 0.1) is 5.56 Å². The first-order chi connectivity index (χ1) is 19.2. The van der Waals surface area contributed by atoms with E-state index >= 15 is 0 Å². The minimum atomic E-state index is -4.40. The number of carbonyl (C=O) groups excluding carboxylic acids is 1. The molecule has 1 aliphatic heterocycles. The number of hydrazone groups is 1. The van der Waals surface area contributed by atoms with E-state index in [0.717, 1.165) is 12.1 Å². The summed E-state index contributed by atoms with van der Waals surface area (Å²) in [7, 11) is 0. The Hall–Kier alpha value is -4.08. The number of aromatic nitrogens is 1. The van der Waals surface area contributed by atoms with Crippen molar-refractivity contribution in [3.05, 3.63) is 102 Å². The van der Waals surface area contributed by atoms with Crippen molar-refractivity contribution in [2.24, 2.45) is 5.10 Å². The molecule has 0 saturated carbocycles. The molecule has 2 heterocycles. The molecular formula is C29H24F3N3O4Se. The van der Waals surface area contributed by atoms with Crippen LogP contribution in [0.2, 0.25) is 4.82 Å². The van der Waals surface area contributed by atoms with Gasteiger partial charge in [-0.05, 0) is 12.1 Å². The molecule has 0 spiro atoms. The van der Waals surface area contributed by atoms with Gasteiger partial charge in [0.15, 0.2) is 0 Å². The summed E-state index contributed by atoms with van der Waals surface area (Å²) in [5, 5.41) is 9.76. The van der Waals surface area contributed by atoms with Crippen LogP contribution < -0.4 is 9.20 Å². The van der Waals surface area contributed by atoms with Crippen molar-refractivity contribution in [2.75, 3.05) is 0 Å². The number of rotatable bonds is 8. The van der Waals surface area contributed by atoms with Crippen molar-refractivity contribution in [1.29, 1.82) is 0 Å². The molecule has 0 fully saturated rings. The van der Waals surface area contributed by atoms with Gasteiger partial charge in [-0.3, -0.25) is 0 Å². The first kappa shape index (κ1) is 27.5. The number of nitrogens with zero attached hydrogens (tertiary/aromatic N) is 3. The second-order valence-electron chi connectivity index (χ2n) is 8.98. The fourth-order valence-corrected chi connectivity index (χ4v) is 6.14. The van der Waals surface area contributed by atoms with Gasteiger partial charge in [-0.2, -0.15) is 13.2 Å². The molecule has 1 amide bonds. The zero-order valence-corrected chi connectivity index (χ0v) is 23.2. The molecule has 5 rings (SSSR count). The van der Waals surface area contributed by atoms with Crippen molar-refractivity contribution < 1.29 is 32.0 Å². The van der Waals surface area contributed by atoms with Crippen LogP contribution in [0.5, 0.6) is 5.75 Å². The molecule has 3 aromatic carbocycles. The van der Waals surface area contributed by atoms with E-state index in [2.05, 4.69) is 29.3 Å². The van der Waals surface area contributed by atoms with Gasteiger partial charge in [0.2, 0.25) is 0 Å². The van der Waals surface area contributed by atoms with Crippen LogP contribution in [0.15, 0.2) is 94.6 Å². The van der Waals surface area contributed by atoms with Gasteiger partial charge in [0.1, 0.15) is 5.69 Å². The van der Waals surface area contributed by atoms with Gasteiger partial charge in [-0.15, -0.1) is 0 Å². The molecule has 1 aromatic heterocycles. The fourth-order valence-electron chi connectivity index (χ4n) is 3.98. The zero-order valence-electron chi connectivity index (χ0n) is 21.5. The Labute approximate surface area is 234 Å². The molecule has 0 bridgehead atoms. The van der Waals surface area contributed by atoms with E-state index in [9.17, 15) is 18.0 Å². The number of hydrogen-bond acceptors (Lipinski definition) is 6. The SMILES string of the molecule is CC(=O)N1N=C(c2ccc(OCc3cc(-c4ccc(C(F)(F)F)cc4)no3)cc2)OC1C(C)[Se]c1ccccc1. The van der Waals surface area contributed by atoms with Crippen molar-refractivity contribution in [3.8, 4) is 17.0 Å². The molecule has 0 radical (unpaired) electrons. The van der Waals surface area contributed by atoms with E-state index in [0.29, 0.717) is 34.2 Å². The number of benzene rings is 3. The number of hydrogen-bond donors (Lipinski definition) is 0. The predicted octanol–water partition coefficient (Wildman–Crippen LogP) is 5.64. The Morgan fingerprint density at radius 2 is 1.70 bits per heavy atom. The minimum absolute atomic E-state index is 0.0667. The van der Waals surface area contributed by atoms with Crippen molar-refractivity contribution in [1.82, 2.24) is 10.2 Å². The number of alkyl halides is 3. The molecule has 7 nitrogen and oxygen atoms in total. The first-order valence-electron chi connectivity index (χ1n) is 12.3. The summed E-state index contributed by atoms with van der Waals surface area (Å²) < 4.78 is 56.8. The summed E-state index contributed by atoms with van der Waals surface area (Å²) in [4.78, 5) is 12.3. The molecule has 1 aliphatic rings. The summed E-state index contributed by atoms with van der Waals surface area (Å²) in [6.45, 7) is 3.59. The third kappa shape index (κ3) is 6.38. The van der Waals surface area contributed by atoms with Crippen LogP contribution in [-0.4, -0.2) is 43.2 Å². The Kier molecular flexibility index (Phi) is 7.95. The summed E-state index contributed by atoms with van der Waals surface area (Å²) in [5.74, 6) is 1.13. The molecule has 2 unspecified atom stereocenters. The molecular weight excluding hydrogens is 590 g/mol. The van der Waals surface area contributed by atoms with E-state index in [4.69, 9.17) is 14.0 Å². The molecule has 0 N–H and O–H groups in total. The zero-order chi connectivity index (χ0) is 28.3. The van der Waals surface area contributed by atoms with E-state index < -0.39 is 18.0 Å². The van der Waals surface area contributed by atoms with Gasteiger partial charge in [0.25, 0.3) is 0 Å². The topological polar surface area (TPSA) is 77.2 Å². The summed E-state index contributed by atoms with van der Waals surface area (Å²) in [6.07, 6.45) is -4.89. The molecule has 2 atom stereocenters. The van der Waals surface area contributed by atoms with Gasteiger partial charge >= 0.3 is 176 Å². The van der Waals surface area contributed by atoms with Crippen LogP contribution in [-0.2, 0) is 22.3 Å².